The second-order valence-electron chi connectivity index (χ2n) is 8.44. The third-order valence-electron chi connectivity index (χ3n) is 5.88. The van der Waals surface area contributed by atoms with E-state index in [1.54, 1.807) is 12.1 Å². The summed E-state index contributed by atoms with van der Waals surface area (Å²) < 4.78 is 5.36. The van der Waals surface area contributed by atoms with Gasteiger partial charge in [0, 0.05) is 38.0 Å². The third kappa shape index (κ3) is 6.17. The van der Waals surface area contributed by atoms with E-state index < -0.39 is 35.8 Å². The van der Waals surface area contributed by atoms with Crippen molar-refractivity contribution in [2.45, 2.75) is 50.4 Å². The van der Waals surface area contributed by atoms with Gasteiger partial charge in [-0.3, -0.25) is 24.1 Å². The molecule has 0 aliphatic carbocycles. The van der Waals surface area contributed by atoms with Crippen LogP contribution in [0.1, 0.15) is 30.7 Å². The number of carboxylic acids is 1. The van der Waals surface area contributed by atoms with Gasteiger partial charge in [0.25, 0.3) is 5.91 Å². The lowest BCUT2D eigenvalue weighted by Gasteiger charge is -2.29. The minimum absolute atomic E-state index is 0.00667. The Hall–Kier alpha value is -3.98. The number of H-pyrrole nitrogens is 1. The highest BCUT2D eigenvalue weighted by Crippen LogP contribution is 2.31. The average Bonchev–Trinajstić information content (AvgIpc) is 3.53. The van der Waals surface area contributed by atoms with Crippen LogP contribution in [-0.2, 0) is 36.9 Å². The van der Waals surface area contributed by atoms with Crippen LogP contribution in [0.2, 0.25) is 0 Å². The average molecular weight is 502 g/mol. The van der Waals surface area contributed by atoms with Gasteiger partial charge < -0.3 is 25.8 Å². The van der Waals surface area contributed by atoms with Crippen molar-refractivity contribution in [2.24, 2.45) is 0 Å². The van der Waals surface area contributed by atoms with Gasteiger partial charge in [-0.1, -0.05) is 11.3 Å². The number of anilines is 1. The van der Waals surface area contributed by atoms with Crippen molar-refractivity contribution >= 4 is 29.5 Å². The van der Waals surface area contributed by atoms with Crippen LogP contribution in [0.5, 0.6) is 0 Å². The SMILES string of the molecule is O=C(O)CC[C@H](NC(=O)CC1COCCN1)C(=O)N1c2ncccc2C[C@H]1C(=O)NCc1nn[nH]n1. The molecule has 2 aromatic heterocycles. The second-order valence-corrected chi connectivity index (χ2v) is 8.44. The predicted octanol–water partition coefficient (Wildman–Crippen LogP) is -2.10. The number of carbonyl (C=O) groups is 4. The fourth-order valence-corrected chi connectivity index (χ4v) is 4.18. The van der Waals surface area contributed by atoms with Crippen LogP contribution in [0, 0.1) is 0 Å². The molecule has 1 unspecified atom stereocenters. The molecule has 4 rings (SSSR count). The Morgan fingerprint density at radius 1 is 1.31 bits per heavy atom. The largest absolute Gasteiger partial charge is 0.481 e. The Labute approximate surface area is 205 Å². The van der Waals surface area contributed by atoms with E-state index in [-0.39, 0.29) is 44.1 Å². The predicted molar refractivity (Wildman–Crippen MR) is 121 cm³/mol. The van der Waals surface area contributed by atoms with Crippen LogP contribution in [0.25, 0.3) is 0 Å². The molecule has 192 valence electrons. The maximum Gasteiger partial charge on any atom is 0.303 e. The van der Waals surface area contributed by atoms with Gasteiger partial charge in [-0.05, 0) is 18.1 Å². The zero-order valence-corrected chi connectivity index (χ0v) is 19.3. The van der Waals surface area contributed by atoms with Gasteiger partial charge in [-0.15, -0.1) is 10.2 Å². The minimum atomic E-state index is -1.17. The van der Waals surface area contributed by atoms with Crippen LogP contribution < -0.4 is 20.9 Å². The van der Waals surface area contributed by atoms with Crippen molar-refractivity contribution in [2.75, 3.05) is 24.7 Å². The summed E-state index contributed by atoms with van der Waals surface area (Å²) in [5.74, 6) is -2.08. The Bertz CT molecular complexity index is 1090. The van der Waals surface area contributed by atoms with E-state index in [2.05, 4.69) is 41.6 Å². The zero-order chi connectivity index (χ0) is 25.5. The number of amides is 3. The van der Waals surface area contributed by atoms with E-state index in [9.17, 15) is 24.3 Å². The number of fused-ring (bicyclic) bond motifs is 1. The second kappa shape index (κ2) is 11.6. The number of nitrogens with one attached hydrogen (secondary N) is 4. The molecule has 1 fully saturated rings. The first kappa shape index (κ1) is 25.1. The molecular weight excluding hydrogens is 474 g/mol. The topological polar surface area (TPSA) is 204 Å². The smallest absolute Gasteiger partial charge is 0.303 e. The molecule has 15 heteroatoms. The maximum atomic E-state index is 13.7. The lowest BCUT2D eigenvalue weighted by molar-refractivity contribution is -0.138. The Morgan fingerprint density at radius 3 is 2.89 bits per heavy atom. The molecule has 0 saturated carbocycles. The highest BCUT2D eigenvalue weighted by Gasteiger charge is 2.42. The monoisotopic (exact) mass is 501 g/mol. The van der Waals surface area contributed by atoms with E-state index in [0.29, 0.717) is 31.1 Å². The molecule has 5 N–H and O–H groups in total. The number of carbonyl (C=O) groups excluding carboxylic acids is 3. The number of ether oxygens (including phenoxy) is 1. The third-order valence-corrected chi connectivity index (χ3v) is 5.88. The summed E-state index contributed by atoms with van der Waals surface area (Å²) in [4.78, 5) is 56.3. The summed E-state index contributed by atoms with van der Waals surface area (Å²) in [6, 6.07) is 1.12. The fourth-order valence-electron chi connectivity index (χ4n) is 4.18. The summed E-state index contributed by atoms with van der Waals surface area (Å²) >= 11 is 0. The standard InChI is InChI=1S/C21H27N9O6/c31-17(9-13-11-36-7-6-22-13)25-14(3-4-18(32)33)21(35)30-15(8-12-2-1-5-23-19(12)30)20(34)24-10-16-26-28-29-27-16/h1-2,5,13-15,22H,3-4,6-11H2,(H,24,34)(H,25,31)(H,32,33)(H,26,27,28,29)/t13?,14-,15-/m0/s1. The number of rotatable bonds is 10. The van der Waals surface area contributed by atoms with Crippen molar-refractivity contribution < 1.29 is 29.0 Å². The van der Waals surface area contributed by atoms with Crippen molar-refractivity contribution in [3.63, 3.8) is 0 Å². The Morgan fingerprint density at radius 2 is 2.17 bits per heavy atom. The number of tetrazole rings is 1. The lowest BCUT2D eigenvalue weighted by Crippen LogP contribution is -2.55. The van der Waals surface area contributed by atoms with Gasteiger partial charge >= 0.3 is 5.97 Å². The summed E-state index contributed by atoms with van der Waals surface area (Å²) in [6.07, 6.45) is 1.26. The molecule has 0 aromatic carbocycles. The van der Waals surface area contributed by atoms with E-state index in [1.165, 1.54) is 11.1 Å². The van der Waals surface area contributed by atoms with E-state index in [1.807, 2.05) is 0 Å². The van der Waals surface area contributed by atoms with Gasteiger partial charge in [0.1, 0.15) is 17.9 Å². The van der Waals surface area contributed by atoms with Gasteiger partial charge in [0.2, 0.25) is 11.8 Å². The summed E-state index contributed by atoms with van der Waals surface area (Å²) in [5.41, 5.74) is 0.678. The molecule has 0 spiro atoms. The molecule has 1 saturated heterocycles. The van der Waals surface area contributed by atoms with Gasteiger partial charge in [-0.25, -0.2) is 4.98 Å². The first-order valence-electron chi connectivity index (χ1n) is 11.5. The van der Waals surface area contributed by atoms with E-state index in [0.717, 1.165) is 0 Å². The molecule has 36 heavy (non-hydrogen) atoms. The molecule has 2 aliphatic heterocycles. The number of aromatic nitrogens is 5. The van der Waals surface area contributed by atoms with Gasteiger partial charge in [0.15, 0.2) is 5.82 Å². The highest BCUT2D eigenvalue weighted by atomic mass is 16.5. The first-order chi connectivity index (χ1) is 17.4. The number of morpholine rings is 1. The molecule has 15 nitrogen and oxygen atoms in total. The van der Waals surface area contributed by atoms with Crippen molar-refractivity contribution in [1.29, 1.82) is 0 Å². The number of hydrogen-bond donors (Lipinski definition) is 5. The number of nitrogens with zero attached hydrogens (tertiary/aromatic N) is 5. The molecule has 0 radical (unpaired) electrons. The Balaban J connectivity index is 1.51. The summed E-state index contributed by atoms with van der Waals surface area (Å²) in [7, 11) is 0. The summed E-state index contributed by atoms with van der Waals surface area (Å²) in [6.45, 7) is 1.51. The number of carboxylic acid groups (broad SMARTS) is 1. The van der Waals surface area contributed by atoms with Crippen LogP contribution >= 0.6 is 0 Å². The van der Waals surface area contributed by atoms with E-state index in [4.69, 9.17) is 4.74 Å². The molecule has 4 heterocycles. The maximum absolute atomic E-state index is 13.7. The molecule has 3 atom stereocenters. The summed E-state index contributed by atoms with van der Waals surface area (Å²) in [5, 5.41) is 31.0. The number of aliphatic carboxylic acids is 1. The van der Waals surface area contributed by atoms with Crippen molar-refractivity contribution in [3.05, 3.63) is 29.7 Å². The van der Waals surface area contributed by atoms with Gasteiger partial charge in [0.05, 0.1) is 19.8 Å². The first-order valence-corrected chi connectivity index (χ1v) is 11.5. The van der Waals surface area contributed by atoms with Crippen LogP contribution in [0.3, 0.4) is 0 Å². The number of pyridine rings is 1. The fraction of sp³-hybridized carbons (Fsp3) is 0.524. The molecule has 3 amide bonds. The van der Waals surface area contributed by atoms with Gasteiger partial charge in [-0.2, -0.15) is 5.21 Å². The normalized spacial score (nSPS) is 19.8. The van der Waals surface area contributed by atoms with Crippen molar-refractivity contribution in [3.8, 4) is 0 Å². The molecular formula is C21H27N9O6. The van der Waals surface area contributed by atoms with Crippen LogP contribution in [0.4, 0.5) is 5.82 Å². The Kier molecular flexibility index (Phi) is 8.12. The molecule has 2 aliphatic rings. The quantitative estimate of drug-likeness (QED) is 0.238. The lowest BCUT2D eigenvalue weighted by atomic mass is 10.1. The van der Waals surface area contributed by atoms with E-state index >= 15 is 0 Å². The number of hydrogen-bond acceptors (Lipinski definition) is 10. The highest BCUT2D eigenvalue weighted by molar-refractivity contribution is 6.06. The number of aromatic amines is 1. The molecule has 0 bridgehead atoms. The van der Waals surface area contributed by atoms with Crippen molar-refractivity contribution in [1.82, 2.24) is 41.6 Å². The molecule has 2 aromatic rings. The minimum Gasteiger partial charge on any atom is -0.481 e. The van der Waals surface area contributed by atoms with Crippen LogP contribution in [0.15, 0.2) is 18.3 Å². The zero-order valence-electron chi connectivity index (χ0n) is 19.3. The van der Waals surface area contributed by atoms with Crippen LogP contribution in [-0.4, -0.2) is 92.3 Å².